The molecule has 1 heterocycles. The van der Waals surface area contributed by atoms with Crippen LogP contribution in [0.15, 0.2) is 24.3 Å². The van der Waals surface area contributed by atoms with Crippen LogP contribution in [0.2, 0.25) is 0 Å². The molecule has 108 valence electrons. The lowest BCUT2D eigenvalue weighted by molar-refractivity contribution is -0.136. The Morgan fingerprint density at radius 2 is 1.95 bits per heavy atom. The fourth-order valence-electron chi connectivity index (χ4n) is 2.98. The van der Waals surface area contributed by atoms with Crippen molar-refractivity contribution in [3.8, 4) is 0 Å². The Morgan fingerprint density at radius 3 is 2.50 bits per heavy atom. The summed E-state index contributed by atoms with van der Waals surface area (Å²) in [5, 5.41) is 0. The standard InChI is InChI=1S/C16H23N3O/c1-13-3-2-4-14(11-13)18-7-9-19(10-8-18)15(20)16(12-17)5-6-16/h2-4,11H,5-10,12,17H2,1H3. The number of piperazine rings is 1. The number of aryl methyl sites for hydroxylation is 1. The minimum atomic E-state index is -0.203. The summed E-state index contributed by atoms with van der Waals surface area (Å²) in [6, 6.07) is 8.56. The van der Waals surface area contributed by atoms with Crippen molar-refractivity contribution in [2.45, 2.75) is 19.8 Å². The van der Waals surface area contributed by atoms with E-state index >= 15 is 0 Å². The van der Waals surface area contributed by atoms with Gasteiger partial charge in [0, 0.05) is 38.4 Å². The van der Waals surface area contributed by atoms with E-state index in [0.717, 1.165) is 39.0 Å². The molecular weight excluding hydrogens is 250 g/mol. The fourth-order valence-corrected chi connectivity index (χ4v) is 2.98. The molecule has 0 aromatic heterocycles. The van der Waals surface area contributed by atoms with Gasteiger partial charge in [0.05, 0.1) is 5.41 Å². The summed E-state index contributed by atoms with van der Waals surface area (Å²) in [7, 11) is 0. The molecule has 0 atom stereocenters. The number of hydrogen-bond donors (Lipinski definition) is 1. The number of anilines is 1. The van der Waals surface area contributed by atoms with E-state index < -0.39 is 0 Å². The number of rotatable bonds is 3. The maximum absolute atomic E-state index is 12.4. The van der Waals surface area contributed by atoms with Gasteiger partial charge in [0.15, 0.2) is 0 Å². The first-order valence-electron chi connectivity index (χ1n) is 7.46. The van der Waals surface area contributed by atoms with Gasteiger partial charge in [-0.15, -0.1) is 0 Å². The minimum Gasteiger partial charge on any atom is -0.368 e. The molecule has 1 aromatic carbocycles. The second kappa shape index (κ2) is 5.09. The maximum Gasteiger partial charge on any atom is 0.230 e. The first kappa shape index (κ1) is 13.4. The highest BCUT2D eigenvalue weighted by atomic mass is 16.2. The van der Waals surface area contributed by atoms with Crippen molar-refractivity contribution in [1.82, 2.24) is 4.90 Å². The molecule has 0 spiro atoms. The van der Waals surface area contributed by atoms with Gasteiger partial charge in [0.1, 0.15) is 0 Å². The third-order valence-corrected chi connectivity index (χ3v) is 4.63. The monoisotopic (exact) mass is 273 g/mol. The van der Waals surface area contributed by atoms with E-state index in [9.17, 15) is 4.79 Å². The zero-order valence-electron chi connectivity index (χ0n) is 12.1. The Labute approximate surface area is 120 Å². The Bertz CT molecular complexity index is 502. The molecule has 1 aliphatic heterocycles. The molecule has 2 fully saturated rings. The second-order valence-electron chi connectivity index (χ2n) is 6.10. The molecule has 0 unspecified atom stereocenters. The second-order valence-corrected chi connectivity index (χ2v) is 6.10. The number of nitrogens with two attached hydrogens (primary N) is 1. The molecule has 20 heavy (non-hydrogen) atoms. The SMILES string of the molecule is Cc1cccc(N2CCN(C(=O)C3(CN)CC3)CC2)c1. The first-order valence-corrected chi connectivity index (χ1v) is 7.46. The van der Waals surface area contributed by atoms with Gasteiger partial charge in [-0.2, -0.15) is 0 Å². The van der Waals surface area contributed by atoms with Crippen LogP contribution in [0.5, 0.6) is 0 Å². The molecule has 4 heteroatoms. The van der Waals surface area contributed by atoms with E-state index in [0.29, 0.717) is 6.54 Å². The zero-order valence-corrected chi connectivity index (χ0v) is 12.1. The van der Waals surface area contributed by atoms with Gasteiger partial charge >= 0.3 is 0 Å². The minimum absolute atomic E-state index is 0.203. The van der Waals surface area contributed by atoms with Crippen molar-refractivity contribution in [2.24, 2.45) is 11.1 Å². The van der Waals surface area contributed by atoms with Crippen molar-refractivity contribution in [1.29, 1.82) is 0 Å². The summed E-state index contributed by atoms with van der Waals surface area (Å²) in [4.78, 5) is 16.8. The normalized spacial score (nSPS) is 20.9. The first-order chi connectivity index (χ1) is 9.64. The number of benzene rings is 1. The van der Waals surface area contributed by atoms with Gasteiger partial charge in [-0.3, -0.25) is 4.79 Å². The zero-order chi connectivity index (χ0) is 14.2. The van der Waals surface area contributed by atoms with Crippen LogP contribution in [-0.2, 0) is 4.79 Å². The molecule has 4 nitrogen and oxygen atoms in total. The predicted octanol–water partition coefficient (Wildman–Crippen LogP) is 1.38. The topological polar surface area (TPSA) is 49.6 Å². The number of nitrogens with zero attached hydrogens (tertiary/aromatic N) is 2. The van der Waals surface area contributed by atoms with Crippen LogP contribution < -0.4 is 10.6 Å². The summed E-state index contributed by atoms with van der Waals surface area (Å²) in [5.74, 6) is 0.281. The van der Waals surface area contributed by atoms with Gasteiger partial charge in [-0.05, 0) is 37.5 Å². The van der Waals surface area contributed by atoms with E-state index in [-0.39, 0.29) is 11.3 Å². The summed E-state index contributed by atoms with van der Waals surface area (Å²) >= 11 is 0. The van der Waals surface area contributed by atoms with Crippen molar-refractivity contribution in [3.63, 3.8) is 0 Å². The quantitative estimate of drug-likeness (QED) is 0.905. The van der Waals surface area contributed by atoms with E-state index in [1.54, 1.807) is 0 Å². The lowest BCUT2D eigenvalue weighted by Crippen LogP contribution is -2.51. The van der Waals surface area contributed by atoms with Crippen LogP contribution in [0.25, 0.3) is 0 Å². The number of hydrogen-bond acceptors (Lipinski definition) is 3. The van der Waals surface area contributed by atoms with Gasteiger partial charge in [-0.1, -0.05) is 12.1 Å². The molecule has 1 saturated heterocycles. The summed E-state index contributed by atoms with van der Waals surface area (Å²) in [6.45, 7) is 6.07. The molecular formula is C16H23N3O. The van der Waals surface area contributed by atoms with Crippen LogP contribution >= 0.6 is 0 Å². The van der Waals surface area contributed by atoms with Gasteiger partial charge in [0.2, 0.25) is 5.91 Å². The van der Waals surface area contributed by atoms with Crippen LogP contribution in [0, 0.1) is 12.3 Å². The third-order valence-electron chi connectivity index (χ3n) is 4.63. The maximum atomic E-state index is 12.4. The molecule has 1 aromatic rings. The Hall–Kier alpha value is -1.55. The van der Waals surface area contributed by atoms with Crippen LogP contribution in [-0.4, -0.2) is 43.5 Å². The molecule has 0 bridgehead atoms. The van der Waals surface area contributed by atoms with Crippen molar-refractivity contribution >= 4 is 11.6 Å². The predicted molar refractivity (Wildman–Crippen MR) is 80.7 cm³/mol. The Kier molecular flexibility index (Phi) is 3.42. The molecule has 1 amide bonds. The number of carbonyl (C=O) groups excluding carboxylic acids is 1. The van der Waals surface area contributed by atoms with Crippen LogP contribution in [0.1, 0.15) is 18.4 Å². The van der Waals surface area contributed by atoms with Crippen molar-refractivity contribution in [2.75, 3.05) is 37.6 Å². The third kappa shape index (κ3) is 2.40. The van der Waals surface area contributed by atoms with Gasteiger partial charge < -0.3 is 15.5 Å². The lowest BCUT2D eigenvalue weighted by atomic mass is 10.1. The van der Waals surface area contributed by atoms with E-state index in [2.05, 4.69) is 36.1 Å². The van der Waals surface area contributed by atoms with Crippen molar-refractivity contribution < 1.29 is 4.79 Å². The highest BCUT2D eigenvalue weighted by Crippen LogP contribution is 2.46. The molecule has 3 rings (SSSR count). The van der Waals surface area contributed by atoms with E-state index in [1.165, 1.54) is 11.3 Å². The van der Waals surface area contributed by atoms with Crippen molar-refractivity contribution in [3.05, 3.63) is 29.8 Å². The molecule has 1 saturated carbocycles. The Morgan fingerprint density at radius 1 is 1.25 bits per heavy atom. The number of carbonyl (C=O) groups is 1. The molecule has 2 N–H and O–H groups in total. The van der Waals surface area contributed by atoms with E-state index in [1.807, 2.05) is 4.90 Å². The fraction of sp³-hybridized carbons (Fsp3) is 0.562. The van der Waals surface area contributed by atoms with Gasteiger partial charge in [-0.25, -0.2) is 0 Å². The Balaban J connectivity index is 1.61. The smallest absolute Gasteiger partial charge is 0.230 e. The number of amides is 1. The molecule has 2 aliphatic rings. The van der Waals surface area contributed by atoms with Crippen LogP contribution in [0.4, 0.5) is 5.69 Å². The molecule has 0 radical (unpaired) electrons. The molecule has 1 aliphatic carbocycles. The lowest BCUT2D eigenvalue weighted by Gasteiger charge is -2.37. The highest BCUT2D eigenvalue weighted by Gasteiger charge is 2.50. The largest absolute Gasteiger partial charge is 0.368 e. The highest BCUT2D eigenvalue weighted by molar-refractivity contribution is 5.86. The average molecular weight is 273 g/mol. The summed E-state index contributed by atoms with van der Waals surface area (Å²) < 4.78 is 0. The van der Waals surface area contributed by atoms with Crippen LogP contribution in [0.3, 0.4) is 0 Å². The summed E-state index contributed by atoms with van der Waals surface area (Å²) in [5.41, 5.74) is 8.09. The average Bonchev–Trinajstić information content (AvgIpc) is 3.28. The van der Waals surface area contributed by atoms with E-state index in [4.69, 9.17) is 5.73 Å². The summed E-state index contributed by atoms with van der Waals surface area (Å²) in [6.07, 6.45) is 1.95. The van der Waals surface area contributed by atoms with Gasteiger partial charge in [0.25, 0.3) is 0 Å².